The van der Waals surface area contributed by atoms with Crippen molar-refractivity contribution >= 4 is 29.3 Å². The van der Waals surface area contributed by atoms with Crippen LogP contribution in [0.25, 0.3) is 6.08 Å². The standard InChI is InChI=1S/C19H17ClN2O2/c1-11-3-4-14(9-17(11)20)22-19(23)13(10-21)8-15-5-6-18(24-15)16-7-12(16)2/h3-6,8-9,12,16H,7H2,1-2H3,(H,22,23)/b13-8+/t12-,16-/m1/s1. The van der Waals surface area contributed by atoms with E-state index in [1.54, 1.807) is 18.2 Å². The van der Waals surface area contributed by atoms with Gasteiger partial charge in [-0.2, -0.15) is 5.26 Å². The van der Waals surface area contributed by atoms with Crippen molar-refractivity contribution in [1.29, 1.82) is 5.26 Å². The second-order valence-corrected chi connectivity index (χ2v) is 6.55. The molecule has 24 heavy (non-hydrogen) atoms. The molecule has 1 fully saturated rings. The lowest BCUT2D eigenvalue weighted by Crippen LogP contribution is -2.13. The molecule has 1 aliphatic rings. The zero-order chi connectivity index (χ0) is 17.3. The Hall–Kier alpha value is -2.51. The van der Waals surface area contributed by atoms with E-state index in [0.717, 1.165) is 17.7 Å². The van der Waals surface area contributed by atoms with Gasteiger partial charge in [-0.25, -0.2) is 0 Å². The number of nitriles is 1. The Labute approximate surface area is 145 Å². The molecule has 4 nitrogen and oxygen atoms in total. The minimum Gasteiger partial charge on any atom is -0.461 e. The molecule has 0 aliphatic heterocycles. The monoisotopic (exact) mass is 340 g/mol. The van der Waals surface area contributed by atoms with Crippen LogP contribution in [0.3, 0.4) is 0 Å². The Balaban J connectivity index is 1.75. The average Bonchev–Trinajstić information content (AvgIpc) is 3.09. The fourth-order valence-electron chi connectivity index (χ4n) is 2.52. The van der Waals surface area contributed by atoms with Crippen LogP contribution in [0, 0.1) is 24.2 Å². The maximum absolute atomic E-state index is 12.3. The molecule has 0 radical (unpaired) electrons. The normalized spacial score (nSPS) is 19.7. The van der Waals surface area contributed by atoms with Crippen LogP contribution in [0.1, 0.15) is 36.3 Å². The number of hydrogen-bond donors (Lipinski definition) is 1. The van der Waals surface area contributed by atoms with Gasteiger partial charge in [0, 0.05) is 22.7 Å². The van der Waals surface area contributed by atoms with E-state index >= 15 is 0 Å². The lowest BCUT2D eigenvalue weighted by molar-refractivity contribution is -0.112. The molecule has 2 atom stereocenters. The molecule has 0 saturated heterocycles. The smallest absolute Gasteiger partial charge is 0.266 e. The Morgan fingerprint density at radius 3 is 2.79 bits per heavy atom. The first kappa shape index (κ1) is 16.4. The number of anilines is 1. The van der Waals surface area contributed by atoms with Gasteiger partial charge in [0.15, 0.2) is 0 Å². The zero-order valence-electron chi connectivity index (χ0n) is 13.5. The number of carbonyl (C=O) groups excluding carboxylic acids is 1. The van der Waals surface area contributed by atoms with Gasteiger partial charge in [-0.05, 0) is 49.1 Å². The highest BCUT2D eigenvalue weighted by atomic mass is 35.5. The zero-order valence-corrected chi connectivity index (χ0v) is 14.2. The van der Waals surface area contributed by atoms with Crippen LogP contribution < -0.4 is 5.32 Å². The number of benzene rings is 1. The molecule has 0 unspecified atom stereocenters. The number of rotatable bonds is 4. The summed E-state index contributed by atoms with van der Waals surface area (Å²) in [6.07, 6.45) is 2.58. The van der Waals surface area contributed by atoms with Gasteiger partial charge in [-0.3, -0.25) is 4.79 Å². The van der Waals surface area contributed by atoms with Crippen molar-refractivity contribution in [1.82, 2.24) is 0 Å². The molecule has 3 rings (SSSR count). The molecular weight excluding hydrogens is 324 g/mol. The molecule has 1 heterocycles. The Kier molecular flexibility index (Phi) is 4.46. The SMILES string of the molecule is Cc1ccc(NC(=O)/C(C#N)=C/c2ccc([C@@H]3C[C@H]3C)o2)cc1Cl. The number of amides is 1. The lowest BCUT2D eigenvalue weighted by Gasteiger charge is -2.06. The Bertz CT molecular complexity index is 860. The van der Waals surface area contributed by atoms with Gasteiger partial charge in [0.25, 0.3) is 5.91 Å². The predicted octanol–water partition coefficient (Wildman–Crippen LogP) is 4.91. The number of halogens is 1. The summed E-state index contributed by atoms with van der Waals surface area (Å²) in [5.41, 5.74) is 1.45. The van der Waals surface area contributed by atoms with E-state index in [-0.39, 0.29) is 5.57 Å². The third-order valence-corrected chi connectivity index (χ3v) is 4.61. The van der Waals surface area contributed by atoms with E-state index in [4.69, 9.17) is 16.0 Å². The summed E-state index contributed by atoms with van der Waals surface area (Å²) >= 11 is 6.04. The van der Waals surface area contributed by atoms with Gasteiger partial charge in [0.05, 0.1) is 0 Å². The van der Waals surface area contributed by atoms with E-state index in [0.29, 0.717) is 28.3 Å². The topological polar surface area (TPSA) is 66.0 Å². The summed E-state index contributed by atoms with van der Waals surface area (Å²) in [5.74, 6) is 2.03. The molecule has 1 N–H and O–H groups in total. The highest BCUT2D eigenvalue weighted by Gasteiger charge is 2.36. The third kappa shape index (κ3) is 3.52. The third-order valence-electron chi connectivity index (χ3n) is 4.20. The molecule has 122 valence electrons. The first-order valence-corrected chi connectivity index (χ1v) is 8.14. The van der Waals surface area contributed by atoms with Gasteiger partial charge in [-0.15, -0.1) is 0 Å². The highest BCUT2D eigenvalue weighted by molar-refractivity contribution is 6.31. The fraction of sp³-hybridized carbons (Fsp3) is 0.263. The summed E-state index contributed by atoms with van der Waals surface area (Å²) in [7, 11) is 0. The van der Waals surface area contributed by atoms with Crippen LogP contribution in [0.4, 0.5) is 5.69 Å². The maximum atomic E-state index is 12.3. The van der Waals surface area contributed by atoms with Crippen LogP contribution in [-0.2, 0) is 4.79 Å². The summed E-state index contributed by atoms with van der Waals surface area (Å²) in [4.78, 5) is 12.3. The molecule has 2 aromatic rings. The second kappa shape index (κ2) is 6.54. The van der Waals surface area contributed by atoms with Gasteiger partial charge in [-0.1, -0.05) is 24.6 Å². The number of furan rings is 1. The molecule has 1 saturated carbocycles. The van der Waals surface area contributed by atoms with E-state index in [2.05, 4.69) is 12.2 Å². The molecule has 1 aromatic heterocycles. The number of carbonyl (C=O) groups is 1. The number of nitrogens with zero attached hydrogens (tertiary/aromatic N) is 1. The Morgan fingerprint density at radius 1 is 1.42 bits per heavy atom. The lowest BCUT2D eigenvalue weighted by atomic mass is 10.2. The van der Waals surface area contributed by atoms with Crippen LogP contribution >= 0.6 is 11.6 Å². The van der Waals surface area contributed by atoms with Crippen molar-refractivity contribution in [3.8, 4) is 6.07 Å². The number of nitrogens with one attached hydrogen (secondary N) is 1. The molecule has 5 heteroatoms. The minimum absolute atomic E-state index is 0.0172. The first-order valence-electron chi connectivity index (χ1n) is 7.77. The van der Waals surface area contributed by atoms with Crippen molar-refractivity contribution in [2.24, 2.45) is 5.92 Å². The summed E-state index contributed by atoms with van der Waals surface area (Å²) < 4.78 is 5.72. The van der Waals surface area contributed by atoms with Crippen molar-refractivity contribution in [3.63, 3.8) is 0 Å². The average molecular weight is 341 g/mol. The summed E-state index contributed by atoms with van der Waals surface area (Å²) in [6, 6.07) is 10.8. The quantitative estimate of drug-likeness (QED) is 0.635. The van der Waals surface area contributed by atoms with E-state index in [1.165, 1.54) is 6.08 Å². The summed E-state index contributed by atoms with van der Waals surface area (Å²) in [6.45, 7) is 4.05. The van der Waals surface area contributed by atoms with E-state index in [1.807, 2.05) is 25.1 Å². The largest absolute Gasteiger partial charge is 0.461 e. The van der Waals surface area contributed by atoms with Crippen LogP contribution in [0.2, 0.25) is 5.02 Å². The first-order chi connectivity index (χ1) is 11.5. The van der Waals surface area contributed by atoms with Gasteiger partial charge >= 0.3 is 0 Å². The van der Waals surface area contributed by atoms with Gasteiger partial charge in [0.1, 0.15) is 23.2 Å². The molecule has 1 aliphatic carbocycles. The second-order valence-electron chi connectivity index (χ2n) is 6.15. The van der Waals surface area contributed by atoms with E-state index in [9.17, 15) is 10.1 Å². The number of hydrogen-bond acceptors (Lipinski definition) is 3. The minimum atomic E-state index is -0.491. The molecule has 0 spiro atoms. The van der Waals surface area contributed by atoms with Crippen LogP contribution in [0.15, 0.2) is 40.3 Å². The summed E-state index contributed by atoms with van der Waals surface area (Å²) in [5, 5.41) is 12.5. The fourth-order valence-corrected chi connectivity index (χ4v) is 2.70. The van der Waals surface area contributed by atoms with Crippen LogP contribution in [-0.4, -0.2) is 5.91 Å². The maximum Gasteiger partial charge on any atom is 0.266 e. The van der Waals surface area contributed by atoms with Crippen molar-refractivity contribution in [3.05, 3.63) is 58.0 Å². The molecule has 1 amide bonds. The Morgan fingerprint density at radius 2 is 2.17 bits per heavy atom. The van der Waals surface area contributed by atoms with Crippen molar-refractivity contribution in [2.75, 3.05) is 5.32 Å². The molecular formula is C19H17ClN2O2. The highest BCUT2D eigenvalue weighted by Crippen LogP contribution is 2.47. The van der Waals surface area contributed by atoms with E-state index < -0.39 is 5.91 Å². The van der Waals surface area contributed by atoms with Crippen LogP contribution in [0.5, 0.6) is 0 Å². The number of aryl methyl sites for hydroxylation is 1. The van der Waals surface area contributed by atoms with Gasteiger partial charge in [0.2, 0.25) is 0 Å². The molecule has 0 bridgehead atoms. The van der Waals surface area contributed by atoms with Gasteiger partial charge < -0.3 is 9.73 Å². The van der Waals surface area contributed by atoms with Crippen molar-refractivity contribution in [2.45, 2.75) is 26.2 Å². The predicted molar refractivity (Wildman–Crippen MR) is 93.6 cm³/mol. The molecule has 1 aromatic carbocycles. The van der Waals surface area contributed by atoms with Crippen molar-refractivity contribution < 1.29 is 9.21 Å².